The van der Waals surface area contributed by atoms with Crippen molar-refractivity contribution in [1.82, 2.24) is 9.55 Å². The lowest BCUT2D eigenvalue weighted by atomic mass is 9.81. The zero-order chi connectivity index (χ0) is 10.4. The number of aryl methyl sites for hydroxylation is 1. The highest BCUT2D eigenvalue weighted by molar-refractivity contribution is 5.87. The summed E-state index contributed by atoms with van der Waals surface area (Å²) in [5, 5.41) is 1.16. The molecule has 3 nitrogen and oxygen atoms in total. The van der Waals surface area contributed by atoms with Gasteiger partial charge in [0.15, 0.2) is 0 Å². The molecule has 0 amide bonds. The maximum Gasteiger partial charge on any atom is 0.139 e. The number of carbonyl (C=O) groups excluding carboxylic acids is 1. The van der Waals surface area contributed by atoms with Crippen molar-refractivity contribution in [2.75, 3.05) is 0 Å². The molecule has 1 fully saturated rings. The van der Waals surface area contributed by atoms with Crippen molar-refractivity contribution in [3.8, 4) is 0 Å². The van der Waals surface area contributed by atoms with Crippen LogP contribution in [0.3, 0.4) is 0 Å². The average Bonchev–Trinajstić information content (AvgIpc) is 2.52. The molecular weight excluding hydrogens is 188 g/mol. The van der Waals surface area contributed by atoms with E-state index in [2.05, 4.69) is 21.7 Å². The first-order valence-corrected chi connectivity index (χ1v) is 5.18. The number of hydrogen-bond acceptors (Lipinski definition) is 2. The average molecular weight is 200 g/mol. The Morgan fingerprint density at radius 3 is 2.93 bits per heavy atom. The predicted octanol–water partition coefficient (Wildman–Crippen LogP) is 2.02. The second-order valence-electron chi connectivity index (χ2n) is 4.19. The second-order valence-corrected chi connectivity index (χ2v) is 4.19. The standard InChI is InChI=1S/C12H12N2O/c1-14-11(9-5-10(15)6-9)7-8-3-2-4-13-12(8)14/h2-4,7,9H,5-6H2,1H3. The van der Waals surface area contributed by atoms with Gasteiger partial charge in [-0.05, 0) is 18.2 Å². The van der Waals surface area contributed by atoms with Crippen molar-refractivity contribution in [2.45, 2.75) is 18.8 Å². The summed E-state index contributed by atoms with van der Waals surface area (Å²) < 4.78 is 2.10. The predicted molar refractivity (Wildman–Crippen MR) is 57.7 cm³/mol. The highest BCUT2D eigenvalue weighted by Crippen LogP contribution is 2.35. The van der Waals surface area contributed by atoms with Gasteiger partial charge in [-0.3, -0.25) is 4.79 Å². The van der Waals surface area contributed by atoms with Gasteiger partial charge in [0.25, 0.3) is 0 Å². The Kier molecular flexibility index (Phi) is 1.69. The van der Waals surface area contributed by atoms with E-state index in [1.54, 1.807) is 6.20 Å². The van der Waals surface area contributed by atoms with Crippen LogP contribution in [0.2, 0.25) is 0 Å². The summed E-state index contributed by atoms with van der Waals surface area (Å²) in [6, 6.07) is 6.16. The van der Waals surface area contributed by atoms with Gasteiger partial charge in [-0.25, -0.2) is 4.98 Å². The number of ketones is 1. The number of rotatable bonds is 1. The smallest absolute Gasteiger partial charge is 0.139 e. The SMILES string of the molecule is Cn1c(C2CC(=O)C2)cc2cccnc21. The lowest BCUT2D eigenvalue weighted by Gasteiger charge is -2.24. The lowest BCUT2D eigenvalue weighted by Crippen LogP contribution is -2.22. The third kappa shape index (κ3) is 1.19. The number of Topliss-reactive ketones (excluding diaryl/α,β-unsaturated/α-hetero) is 1. The first-order chi connectivity index (χ1) is 7.25. The fourth-order valence-electron chi connectivity index (χ4n) is 2.27. The zero-order valence-corrected chi connectivity index (χ0v) is 8.60. The summed E-state index contributed by atoms with van der Waals surface area (Å²) in [7, 11) is 2.02. The summed E-state index contributed by atoms with van der Waals surface area (Å²) in [4.78, 5) is 15.3. The van der Waals surface area contributed by atoms with Crippen molar-refractivity contribution < 1.29 is 4.79 Å². The molecule has 2 aromatic rings. The van der Waals surface area contributed by atoms with Crippen molar-refractivity contribution >= 4 is 16.8 Å². The number of fused-ring (bicyclic) bond motifs is 1. The molecule has 0 unspecified atom stereocenters. The van der Waals surface area contributed by atoms with Crippen molar-refractivity contribution in [1.29, 1.82) is 0 Å². The molecule has 2 heterocycles. The monoisotopic (exact) mass is 200 g/mol. The summed E-state index contributed by atoms with van der Waals surface area (Å²) in [5.41, 5.74) is 2.25. The molecule has 2 aromatic heterocycles. The normalized spacial score (nSPS) is 17.0. The molecule has 15 heavy (non-hydrogen) atoms. The number of aromatic nitrogens is 2. The fraction of sp³-hybridized carbons (Fsp3) is 0.333. The van der Waals surface area contributed by atoms with E-state index in [9.17, 15) is 4.79 Å². The van der Waals surface area contributed by atoms with E-state index in [4.69, 9.17) is 0 Å². The Balaban J connectivity index is 2.11. The Morgan fingerprint density at radius 2 is 2.27 bits per heavy atom. The highest BCUT2D eigenvalue weighted by Gasteiger charge is 2.30. The summed E-state index contributed by atoms with van der Waals surface area (Å²) >= 11 is 0. The van der Waals surface area contributed by atoms with Gasteiger partial charge in [-0.1, -0.05) is 0 Å². The van der Waals surface area contributed by atoms with Gasteiger partial charge in [0.1, 0.15) is 11.4 Å². The first-order valence-electron chi connectivity index (χ1n) is 5.18. The molecule has 1 aliphatic rings. The zero-order valence-electron chi connectivity index (χ0n) is 8.60. The highest BCUT2D eigenvalue weighted by atomic mass is 16.1. The van der Waals surface area contributed by atoms with Crippen LogP contribution in [0.4, 0.5) is 0 Å². The van der Waals surface area contributed by atoms with Crippen LogP contribution in [0.5, 0.6) is 0 Å². The molecule has 76 valence electrons. The number of nitrogens with zero attached hydrogens (tertiary/aromatic N) is 2. The van der Waals surface area contributed by atoms with Crippen LogP contribution in [-0.4, -0.2) is 15.3 Å². The van der Waals surface area contributed by atoms with Gasteiger partial charge < -0.3 is 4.57 Å². The third-order valence-electron chi connectivity index (χ3n) is 3.19. The fourth-order valence-corrected chi connectivity index (χ4v) is 2.27. The number of pyridine rings is 1. The summed E-state index contributed by atoms with van der Waals surface area (Å²) in [6.07, 6.45) is 3.20. The molecule has 0 spiro atoms. The summed E-state index contributed by atoms with van der Waals surface area (Å²) in [6.45, 7) is 0. The lowest BCUT2D eigenvalue weighted by molar-refractivity contribution is -0.124. The topological polar surface area (TPSA) is 34.9 Å². The van der Waals surface area contributed by atoms with E-state index in [-0.39, 0.29) is 0 Å². The molecule has 3 heteroatoms. The molecule has 1 aliphatic carbocycles. The molecule has 0 saturated heterocycles. The minimum Gasteiger partial charge on any atom is -0.332 e. The third-order valence-corrected chi connectivity index (χ3v) is 3.19. The quantitative estimate of drug-likeness (QED) is 0.705. The molecule has 0 N–H and O–H groups in total. The Morgan fingerprint density at radius 1 is 1.47 bits per heavy atom. The van der Waals surface area contributed by atoms with Gasteiger partial charge in [0.2, 0.25) is 0 Å². The second kappa shape index (κ2) is 2.92. The van der Waals surface area contributed by atoms with Gasteiger partial charge in [-0.2, -0.15) is 0 Å². The van der Waals surface area contributed by atoms with E-state index >= 15 is 0 Å². The van der Waals surface area contributed by atoms with Crippen LogP contribution in [-0.2, 0) is 11.8 Å². The van der Waals surface area contributed by atoms with Crippen LogP contribution < -0.4 is 0 Å². The van der Waals surface area contributed by atoms with E-state index in [1.165, 1.54) is 5.69 Å². The van der Waals surface area contributed by atoms with Crippen LogP contribution in [0, 0.1) is 0 Å². The molecule has 0 aromatic carbocycles. The summed E-state index contributed by atoms with van der Waals surface area (Å²) in [5.74, 6) is 0.787. The van der Waals surface area contributed by atoms with Crippen molar-refractivity contribution in [3.05, 3.63) is 30.1 Å². The Labute approximate surface area is 87.7 Å². The first kappa shape index (κ1) is 8.65. The van der Waals surface area contributed by atoms with Crippen molar-refractivity contribution in [2.24, 2.45) is 7.05 Å². The molecule has 0 radical (unpaired) electrons. The molecule has 0 aliphatic heterocycles. The van der Waals surface area contributed by atoms with Crippen LogP contribution in [0.25, 0.3) is 11.0 Å². The van der Waals surface area contributed by atoms with E-state index in [0.29, 0.717) is 24.5 Å². The molecular formula is C12H12N2O. The Bertz CT molecular complexity index is 534. The van der Waals surface area contributed by atoms with Crippen molar-refractivity contribution in [3.63, 3.8) is 0 Å². The van der Waals surface area contributed by atoms with Gasteiger partial charge >= 0.3 is 0 Å². The largest absolute Gasteiger partial charge is 0.332 e. The van der Waals surface area contributed by atoms with E-state index in [0.717, 1.165) is 11.0 Å². The minimum atomic E-state index is 0.373. The molecule has 1 saturated carbocycles. The van der Waals surface area contributed by atoms with Crippen LogP contribution in [0.15, 0.2) is 24.4 Å². The maximum absolute atomic E-state index is 11.0. The van der Waals surface area contributed by atoms with Gasteiger partial charge in [0, 0.05) is 43.1 Å². The van der Waals surface area contributed by atoms with Gasteiger partial charge in [-0.15, -0.1) is 0 Å². The van der Waals surface area contributed by atoms with E-state index < -0.39 is 0 Å². The molecule has 0 bridgehead atoms. The van der Waals surface area contributed by atoms with Gasteiger partial charge in [0.05, 0.1) is 0 Å². The van der Waals surface area contributed by atoms with E-state index in [1.807, 2.05) is 13.1 Å². The number of hydrogen-bond donors (Lipinski definition) is 0. The molecule has 0 atom stereocenters. The van der Waals surface area contributed by atoms with Crippen LogP contribution >= 0.6 is 0 Å². The van der Waals surface area contributed by atoms with Crippen LogP contribution in [0.1, 0.15) is 24.5 Å². The molecule has 3 rings (SSSR count). The minimum absolute atomic E-state index is 0.373. The number of carbonyl (C=O) groups is 1. The Hall–Kier alpha value is -1.64. The maximum atomic E-state index is 11.0.